The zero-order valence-corrected chi connectivity index (χ0v) is 24.2. The lowest BCUT2D eigenvalue weighted by Crippen LogP contribution is -2.19. The first-order valence-corrected chi connectivity index (χ1v) is 15.9. The Bertz CT molecular complexity index is 1710. The molecule has 0 amide bonds. The van der Waals surface area contributed by atoms with E-state index < -0.39 is 10.0 Å². The second kappa shape index (κ2) is 12.7. The van der Waals surface area contributed by atoms with Crippen molar-refractivity contribution in [3.8, 4) is 22.6 Å². The standard InChI is InChI=1S/C36H33N2O3S/c39-42(40,37-24-23-27-13-4-1-5-14-27)32-21-12-15-28(26-32)25-31-20-10-11-22-33(31)36-38-34(29-16-6-2-7-17-29)35(41-36)30-18-8-3-9-19-30/h1-9,12-19,21-22,26,31H,10-11,20,23-25H2. The number of aromatic nitrogens is 1. The van der Waals surface area contributed by atoms with Gasteiger partial charge in [-0.2, -0.15) is 0 Å². The highest BCUT2D eigenvalue weighted by Gasteiger charge is 2.27. The average Bonchev–Trinajstić information content (AvgIpc) is 3.48. The Labute approximate surface area is 248 Å². The van der Waals surface area contributed by atoms with Gasteiger partial charge in [0.25, 0.3) is 10.0 Å². The molecule has 1 heterocycles. The lowest BCUT2D eigenvalue weighted by molar-refractivity contribution is 0.504. The molecule has 6 heteroatoms. The van der Waals surface area contributed by atoms with E-state index in [1.165, 1.54) is 0 Å². The largest absolute Gasteiger partial charge is 0.436 e. The van der Waals surface area contributed by atoms with Gasteiger partial charge in [-0.05, 0) is 61.3 Å². The molecular weight excluding hydrogens is 540 g/mol. The molecule has 0 spiro atoms. The summed E-state index contributed by atoms with van der Waals surface area (Å²) in [5.74, 6) is 1.56. The van der Waals surface area contributed by atoms with Crippen LogP contribution in [-0.4, -0.2) is 19.9 Å². The van der Waals surface area contributed by atoms with Crippen LogP contribution in [0.1, 0.15) is 36.3 Å². The van der Waals surface area contributed by atoms with Gasteiger partial charge >= 0.3 is 0 Å². The molecule has 1 atom stereocenters. The second-order valence-electron chi connectivity index (χ2n) is 10.6. The minimum Gasteiger partial charge on any atom is -0.436 e. The van der Waals surface area contributed by atoms with Crippen LogP contribution in [0.2, 0.25) is 0 Å². The van der Waals surface area contributed by atoms with Gasteiger partial charge in [0.05, 0.1) is 4.90 Å². The lowest BCUT2D eigenvalue weighted by atomic mass is 9.83. The third-order valence-electron chi connectivity index (χ3n) is 7.70. The third-order valence-corrected chi connectivity index (χ3v) is 9.07. The number of hydrogen-bond acceptors (Lipinski definition) is 4. The number of sulfonamides is 1. The zero-order chi connectivity index (χ0) is 28.8. The van der Waals surface area contributed by atoms with Crippen molar-refractivity contribution in [2.45, 2.75) is 37.0 Å². The molecule has 5 aromatic rings. The number of hydrogen-bond donors (Lipinski definition) is 0. The fourth-order valence-corrected chi connectivity index (χ4v) is 6.60. The first-order chi connectivity index (χ1) is 20.6. The Morgan fingerprint density at radius 1 is 0.786 bits per heavy atom. The molecule has 4 aromatic carbocycles. The van der Waals surface area contributed by atoms with Crippen LogP contribution in [0.5, 0.6) is 0 Å². The number of nitrogens with zero attached hydrogens (tertiary/aromatic N) is 2. The quantitative estimate of drug-likeness (QED) is 0.170. The van der Waals surface area contributed by atoms with Crippen molar-refractivity contribution in [1.29, 1.82) is 0 Å². The molecule has 6 rings (SSSR count). The molecule has 211 valence electrons. The van der Waals surface area contributed by atoms with Crippen molar-refractivity contribution < 1.29 is 12.8 Å². The van der Waals surface area contributed by atoms with Crippen molar-refractivity contribution in [3.05, 3.63) is 138 Å². The Morgan fingerprint density at radius 3 is 2.19 bits per heavy atom. The van der Waals surface area contributed by atoms with Crippen molar-refractivity contribution in [2.75, 3.05) is 6.54 Å². The summed E-state index contributed by atoms with van der Waals surface area (Å²) in [6.45, 7) is 0.226. The molecule has 42 heavy (non-hydrogen) atoms. The van der Waals surface area contributed by atoms with Gasteiger partial charge in [0.2, 0.25) is 5.89 Å². The highest BCUT2D eigenvalue weighted by molar-refractivity contribution is 7.89. The van der Waals surface area contributed by atoms with E-state index in [-0.39, 0.29) is 17.4 Å². The van der Waals surface area contributed by atoms with Gasteiger partial charge in [-0.1, -0.05) is 109 Å². The van der Waals surface area contributed by atoms with Gasteiger partial charge in [0.15, 0.2) is 5.76 Å². The van der Waals surface area contributed by atoms with Crippen LogP contribution in [0, 0.1) is 5.92 Å². The number of rotatable bonds is 10. The predicted octanol–water partition coefficient (Wildman–Crippen LogP) is 7.97. The summed E-state index contributed by atoms with van der Waals surface area (Å²) in [7, 11) is -3.74. The number of benzene rings is 4. The van der Waals surface area contributed by atoms with Gasteiger partial charge in [0, 0.05) is 23.2 Å². The summed E-state index contributed by atoms with van der Waals surface area (Å²) in [5, 5.41) is 0. The first-order valence-electron chi connectivity index (χ1n) is 14.5. The molecule has 5 nitrogen and oxygen atoms in total. The molecule has 0 saturated carbocycles. The molecule has 0 saturated heterocycles. The molecule has 1 aromatic heterocycles. The minimum atomic E-state index is -3.74. The van der Waals surface area contributed by atoms with Gasteiger partial charge in [0.1, 0.15) is 5.69 Å². The van der Waals surface area contributed by atoms with E-state index in [4.69, 9.17) is 9.40 Å². The number of oxazole rings is 1. The maximum atomic E-state index is 13.1. The van der Waals surface area contributed by atoms with E-state index in [2.05, 4.69) is 22.9 Å². The van der Waals surface area contributed by atoms with Crippen LogP contribution in [-0.2, 0) is 22.9 Å². The first kappa shape index (κ1) is 27.9. The van der Waals surface area contributed by atoms with Crippen LogP contribution in [0.3, 0.4) is 0 Å². The summed E-state index contributed by atoms with van der Waals surface area (Å²) >= 11 is 0. The van der Waals surface area contributed by atoms with Crippen molar-refractivity contribution >= 4 is 15.6 Å². The monoisotopic (exact) mass is 573 g/mol. The lowest BCUT2D eigenvalue weighted by Gasteiger charge is -2.22. The molecule has 0 N–H and O–H groups in total. The molecule has 1 aliphatic rings. The maximum Gasteiger partial charge on any atom is 0.256 e. The average molecular weight is 574 g/mol. The van der Waals surface area contributed by atoms with E-state index in [0.29, 0.717) is 18.7 Å². The van der Waals surface area contributed by atoms with Gasteiger partial charge in [-0.15, -0.1) is 4.72 Å². The molecule has 0 aliphatic heterocycles. The summed E-state index contributed by atoms with van der Waals surface area (Å²) in [4.78, 5) is 5.28. The zero-order valence-electron chi connectivity index (χ0n) is 23.4. The van der Waals surface area contributed by atoms with Crippen LogP contribution in [0.15, 0.2) is 131 Å². The van der Waals surface area contributed by atoms with E-state index in [0.717, 1.165) is 58.5 Å². The Balaban J connectivity index is 1.24. The molecular formula is C36H33N2O3S. The molecule has 1 aliphatic carbocycles. The van der Waals surface area contributed by atoms with Crippen LogP contribution in [0.4, 0.5) is 0 Å². The fourth-order valence-electron chi connectivity index (χ4n) is 5.57. The van der Waals surface area contributed by atoms with E-state index in [1.54, 1.807) is 12.1 Å². The van der Waals surface area contributed by atoms with Gasteiger partial charge in [-0.3, -0.25) is 0 Å². The summed E-state index contributed by atoms with van der Waals surface area (Å²) < 4.78 is 36.7. The Hall–Kier alpha value is -4.26. The smallest absolute Gasteiger partial charge is 0.256 e. The summed E-state index contributed by atoms with van der Waals surface area (Å²) in [5.41, 5.74) is 5.93. The van der Waals surface area contributed by atoms with Crippen LogP contribution < -0.4 is 4.72 Å². The SMILES string of the molecule is O=S(=O)([N]CCc1ccccc1)c1cccc(CC2CCCC=C2c2nc(-c3ccccc3)c(-c3ccccc3)o2)c1. The van der Waals surface area contributed by atoms with Gasteiger partial charge in [-0.25, -0.2) is 13.4 Å². The van der Waals surface area contributed by atoms with E-state index in [9.17, 15) is 8.42 Å². The fraction of sp³-hybridized carbons (Fsp3) is 0.194. The van der Waals surface area contributed by atoms with Crippen molar-refractivity contribution in [2.24, 2.45) is 5.92 Å². The highest BCUT2D eigenvalue weighted by atomic mass is 32.2. The molecule has 0 fully saturated rings. The second-order valence-corrected chi connectivity index (χ2v) is 12.3. The minimum absolute atomic E-state index is 0.164. The summed E-state index contributed by atoms with van der Waals surface area (Å²) in [6.07, 6.45) is 6.53. The van der Waals surface area contributed by atoms with Crippen molar-refractivity contribution in [1.82, 2.24) is 9.71 Å². The molecule has 1 unspecified atom stereocenters. The predicted molar refractivity (Wildman–Crippen MR) is 167 cm³/mol. The topological polar surface area (TPSA) is 74.3 Å². The normalized spacial score (nSPS) is 15.3. The van der Waals surface area contributed by atoms with Gasteiger partial charge < -0.3 is 4.42 Å². The summed E-state index contributed by atoms with van der Waals surface area (Å²) in [6, 6.07) is 37.2. The van der Waals surface area contributed by atoms with Crippen LogP contribution >= 0.6 is 0 Å². The Kier molecular flexibility index (Phi) is 8.45. The van der Waals surface area contributed by atoms with Crippen LogP contribution in [0.25, 0.3) is 28.2 Å². The number of allylic oxidation sites excluding steroid dienone is 2. The Morgan fingerprint density at radius 2 is 1.45 bits per heavy atom. The van der Waals surface area contributed by atoms with Crippen molar-refractivity contribution in [3.63, 3.8) is 0 Å². The van der Waals surface area contributed by atoms with E-state index >= 15 is 0 Å². The third kappa shape index (κ3) is 6.46. The van der Waals surface area contributed by atoms with E-state index in [1.807, 2.05) is 91.0 Å². The molecule has 1 radical (unpaired) electrons. The highest BCUT2D eigenvalue weighted by Crippen LogP contribution is 2.40. The maximum absolute atomic E-state index is 13.1. The molecule has 0 bridgehead atoms.